The number of thioether (sulfide) groups is 1. The first kappa shape index (κ1) is 21.7. The van der Waals surface area contributed by atoms with Gasteiger partial charge in [-0.25, -0.2) is 0 Å². The van der Waals surface area contributed by atoms with Crippen LogP contribution in [0.1, 0.15) is 17.0 Å². The molecule has 158 valence electrons. The molecule has 0 atom stereocenters. The van der Waals surface area contributed by atoms with Crippen molar-refractivity contribution in [3.8, 4) is 5.75 Å². The summed E-state index contributed by atoms with van der Waals surface area (Å²) in [6.45, 7) is 0. The number of hydrogen-bond donors (Lipinski definition) is 1. The number of rotatable bonds is 7. The summed E-state index contributed by atoms with van der Waals surface area (Å²) in [5.74, 6) is 0.800. The Morgan fingerprint density at radius 1 is 1.13 bits per heavy atom. The molecule has 10 heteroatoms. The van der Waals surface area contributed by atoms with E-state index in [4.69, 9.17) is 4.74 Å². The number of ether oxygens (including phenoxy) is 1. The molecule has 30 heavy (non-hydrogen) atoms. The van der Waals surface area contributed by atoms with Crippen LogP contribution in [0.2, 0.25) is 0 Å². The molecule has 0 aliphatic carbocycles. The summed E-state index contributed by atoms with van der Waals surface area (Å²) in [4.78, 5) is 12.2. The molecule has 6 nitrogen and oxygen atoms in total. The van der Waals surface area contributed by atoms with Gasteiger partial charge in [-0.3, -0.25) is 4.79 Å². The summed E-state index contributed by atoms with van der Waals surface area (Å²) in [5.41, 5.74) is -0.137. The Morgan fingerprint density at radius 3 is 2.50 bits per heavy atom. The monoisotopic (exact) mass is 436 g/mol. The maximum absolute atomic E-state index is 13.0. The van der Waals surface area contributed by atoms with Gasteiger partial charge in [0.05, 0.1) is 24.1 Å². The maximum Gasteiger partial charge on any atom is 0.418 e. The minimum atomic E-state index is -4.54. The highest BCUT2D eigenvalue weighted by Crippen LogP contribution is 2.34. The number of amides is 1. The molecule has 0 fully saturated rings. The van der Waals surface area contributed by atoms with E-state index in [1.54, 1.807) is 18.7 Å². The van der Waals surface area contributed by atoms with Crippen LogP contribution in [0, 0.1) is 0 Å². The molecule has 2 aromatic carbocycles. The van der Waals surface area contributed by atoms with Crippen LogP contribution in [-0.2, 0) is 24.4 Å². The van der Waals surface area contributed by atoms with Crippen LogP contribution < -0.4 is 10.1 Å². The number of hydrogen-bond acceptors (Lipinski definition) is 5. The third kappa shape index (κ3) is 5.32. The van der Waals surface area contributed by atoms with Crippen LogP contribution in [0.5, 0.6) is 5.75 Å². The molecule has 0 saturated heterocycles. The molecule has 1 heterocycles. The molecule has 0 radical (unpaired) electrons. The van der Waals surface area contributed by atoms with Gasteiger partial charge >= 0.3 is 6.18 Å². The number of alkyl halides is 3. The number of nitrogens with one attached hydrogen (secondary N) is 1. The van der Waals surface area contributed by atoms with E-state index >= 15 is 0 Å². The van der Waals surface area contributed by atoms with Crippen LogP contribution in [0.4, 0.5) is 18.9 Å². The fraction of sp³-hybridized carbons (Fsp3) is 0.250. The zero-order chi connectivity index (χ0) is 21.7. The molecule has 1 aromatic heterocycles. The number of benzene rings is 2. The number of para-hydroxylation sites is 1. The molecule has 0 spiro atoms. The van der Waals surface area contributed by atoms with E-state index in [9.17, 15) is 18.0 Å². The molecular formula is C20H19F3N4O2S. The quantitative estimate of drug-likeness (QED) is 0.563. The second-order valence-electron chi connectivity index (χ2n) is 6.36. The van der Waals surface area contributed by atoms with Crippen molar-refractivity contribution in [2.75, 3.05) is 18.2 Å². The number of aromatic nitrogens is 3. The smallest absolute Gasteiger partial charge is 0.418 e. The van der Waals surface area contributed by atoms with Crippen molar-refractivity contribution in [1.29, 1.82) is 0 Å². The Hall–Kier alpha value is -3.01. The number of carbonyl (C=O) groups is 1. The molecule has 1 amide bonds. The predicted octanol–water partition coefficient (Wildman–Crippen LogP) is 4.16. The molecule has 1 N–H and O–H groups in total. The Morgan fingerprint density at radius 2 is 1.83 bits per heavy atom. The zero-order valence-corrected chi connectivity index (χ0v) is 17.0. The molecular weight excluding hydrogens is 417 g/mol. The molecule has 3 aromatic rings. The average Bonchev–Trinajstić information content (AvgIpc) is 3.06. The highest BCUT2D eigenvalue weighted by atomic mass is 32.2. The number of halogens is 3. The molecule has 0 unspecified atom stereocenters. The van der Waals surface area contributed by atoms with Gasteiger partial charge in [0, 0.05) is 13.5 Å². The molecule has 3 rings (SSSR count). The Balaban J connectivity index is 1.61. The van der Waals surface area contributed by atoms with Crippen LogP contribution in [-0.4, -0.2) is 33.5 Å². The van der Waals surface area contributed by atoms with Gasteiger partial charge in [-0.05, 0) is 29.8 Å². The van der Waals surface area contributed by atoms with Crippen molar-refractivity contribution in [3.05, 3.63) is 65.5 Å². The third-order valence-corrected chi connectivity index (χ3v) is 5.31. The van der Waals surface area contributed by atoms with Crippen molar-refractivity contribution < 1.29 is 22.7 Å². The van der Waals surface area contributed by atoms with Gasteiger partial charge in [0.1, 0.15) is 11.6 Å². The lowest BCUT2D eigenvalue weighted by Crippen LogP contribution is -2.18. The van der Waals surface area contributed by atoms with E-state index in [2.05, 4.69) is 15.5 Å². The fourth-order valence-corrected chi connectivity index (χ4v) is 3.44. The van der Waals surface area contributed by atoms with E-state index in [0.717, 1.165) is 29.1 Å². The first-order chi connectivity index (χ1) is 14.3. The van der Waals surface area contributed by atoms with Gasteiger partial charge in [-0.2, -0.15) is 13.2 Å². The summed E-state index contributed by atoms with van der Waals surface area (Å²) >= 11 is 1.10. The normalized spacial score (nSPS) is 11.4. The van der Waals surface area contributed by atoms with Crippen LogP contribution >= 0.6 is 11.8 Å². The van der Waals surface area contributed by atoms with Gasteiger partial charge in [0.2, 0.25) is 5.91 Å². The van der Waals surface area contributed by atoms with Gasteiger partial charge in [0.15, 0.2) is 5.16 Å². The standard InChI is InChI=1S/C20H19F3N4O2S/c1-27-17(11-13-7-9-14(29-2)10-8-13)25-26-19(27)30-12-18(28)24-16-6-4-3-5-15(16)20(21,22)23/h3-10H,11-12H2,1-2H3,(H,24,28). The lowest BCUT2D eigenvalue weighted by atomic mass is 10.1. The van der Waals surface area contributed by atoms with Crippen molar-refractivity contribution in [3.63, 3.8) is 0 Å². The zero-order valence-electron chi connectivity index (χ0n) is 16.2. The van der Waals surface area contributed by atoms with Crippen molar-refractivity contribution in [2.45, 2.75) is 17.8 Å². The first-order valence-electron chi connectivity index (χ1n) is 8.88. The van der Waals surface area contributed by atoms with E-state index in [1.165, 1.54) is 18.2 Å². The molecule has 0 bridgehead atoms. The van der Waals surface area contributed by atoms with Crippen LogP contribution in [0.3, 0.4) is 0 Å². The van der Waals surface area contributed by atoms with Crippen molar-refractivity contribution in [2.24, 2.45) is 7.05 Å². The number of methoxy groups -OCH3 is 1. The van der Waals surface area contributed by atoms with E-state index in [-0.39, 0.29) is 11.4 Å². The molecule has 0 saturated carbocycles. The number of anilines is 1. The topological polar surface area (TPSA) is 69.0 Å². The molecule has 0 aliphatic heterocycles. The van der Waals surface area contributed by atoms with Crippen LogP contribution in [0.15, 0.2) is 53.7 Å². The Bertz CT molecular complexity index is 1020. The lowest BCUT2D eigenvalue weighted by Gasteiger charge is -2.13. The lowest BCUT2D eigenvalue weighted by molar-refractivity contribution is -0.137. The molecule has 0 aliphatic rings. The number of nitrogens with zero attached hydrogens (tertiary/aromatic N) is 3. The predicted molar refractivity (Wildman–Crippen MR) is 108 cm³/mol. The highest BCUT2D eigenvalue weighted by molar-refractivity contribution is 7.99. The van der Waals surface area contributed by atoms with E-state index < -0.39 is 17.6 Å². The fourth-order valence-electron chi connectivity index (χ4n) is 2.71. The minimum Gasteiger partial charge on any atom is -0.497 e. The SMILES string of the molecule is COc1ccc(Cc2nnc(SCC(=O)Nc3ccccc3C(F)(F)F)n2C)cc1. The Kier molecular flexibility index (Phi) is 6.66. The van der Waals surface area contributed by atoms with E-state index in [1.807, 2.05) is 24.3 Å². The summed E-state index contributed by atoms with van der Waals surface area (Å²) in [5, 5.41) is 11.0. The van der Waals surface area contributed by atoms with Crippen molar-refractivity contribution >= 4 is 23.4 Å². The summed E-state index contributed by atoms with van der Waals surface area (Å²) < 4.78 is 46.0. The number of carbonyl (C=O) groups excluding carboxylic acids is 1. The summed E-state index contributed by atoms with van der Waals surface area (Å²) in [7, 11) is 3.37. The second-order valence-corrected chi connectivity index (χ2v) is 7.31. The van der Waals surface area contributed by atoms with Crippen molar-refractivity contribution in [1.82, 2.24) is 14.8 Å². The van der Waals surface area contributed by atoms with Gasteiger partial charge in [-0.15, -0.1) is 10.2 Å². The minimum absolute atomic E-state index is 0.0965. The second kappa shape index (κ2) is 9.21. The van der Waals surface area contributed by atoms with E-state index in [0.29, 0.717) is 17.4 Å². The average molecular weight is 436 g/mol. The van der Waals surface area contributed by atoms with Gasteiger partial charge in [0.25, 0.3) is 0 Å². The summed E-state index contributed by atoms with van der Waals surface area (Å²) in [6.07, 6.45) is -4.00. The first-order valence-corrected chi connectivity index (χ1v) is 9.86. The maximum atomic E-state index is 13.0. The highest BCUT2D eigenvalue weighted by Gasteiger charge is 2.33. The summed E-state index contributed by atoms with van der Waals surface area (Å²) in [6, 6.07) is 12.4. The largest absolute Gasteiger partial charge is 0.497 e. The van der Waals surface area contributed by atoms with Gasteiger partial charge in [-0.1, -0.05) is 36.0 Å². The Labute approximate surface area is 175 Å². The van der Waals surface area contributed by atoms with Crippen LogP contribution in [0.25, 0.3) is 0 Å². The van der Waals surface area contributed by atoms with Gasteiger partial charge < -0.3 is 14.6 Å². The third-order valence-electron chi connectivity index (χ3n) is 4.29.